The highest BCUT2D eigenvalue weighted by molar-refractivity contribution is 5.69. The van der Waals surface area contributed by atoms with Gasteiger partial charge in [-0.2, -0.15) is 0 Å². The van der Waals surface area contributed by atoms with Crippen molar-refractivity contribution in [1.82, 2.24) is 10.2 Å². The molecule has 1 saturated heterocycles. The maximum atomic E-state index is 11.6. The van der Waals surface area contributed by atoms with Crippen molar-refractivity contribution in [3.8, 4) is 0 Å². The highest BCUT2D eigenvalue weighted by atomic mass is 16.5. The summed E-state index contributed by atoms with van der Waals surface area (Å²) in [6.07, 6.45) is 1.23. The highest BCUT2D eigenvalue weighted by Crippen LogP contribution is 2.08. The number of likely N-dealkylation sites (tertiary alicyclic amines) is 1. The van der Waals surface area contributed by atoms with Crippen LogP contribution in [0.15, 0.2) is 30.3 Å². The standard InChI is InChI=1S/C16H22N2O4/c19-15(20)11-18-9-7-14(10-18)17-8-6-16(21)22-12-13-4-2-1-3-5-13/h1-5,14,17H,6-12H2,(H,19,20)/t14-/m0/s1. The molecule has 22 heavy (non-hydrogen) atoms. The fourth-order valence-corrected chi connectivity index (χ4v) is 2.52. The largest absolute Gasteiger partial charge is 0.480 e. The van der Waals surface area contributed by atoms with E-state index in [2.05, 4.69) is 5.32 Å². The number of hydrogen-bond donors (Lipinski definition) is 2. The topological polar surface area (TPSA) is 78.9 Å². The number of hydrogen-bond acceptors (Lipinski definition) is 5. The summed E-state index contributed by atoms with van der Waals surface area (Å²) in [5.74, 6) is -1.03. The van der Waals surface area contributed by atoms with Gasteiger partial charge in [-0.25, -0.2) is 0 Å². The highest BCUT2D eigenvalue weighted by Gasteiger charge is 2.23. The van der Waals surface area contributed by atoms with E-state index in [4.69, 9.17) is 9.84 Å². The predicted molar refractivity (Wildman–Crippen MR) is 81.3 cm³/mol. The molecule has 0 saturated carbocycles. The van der Waals surface area contributed by atoms with Gasteiger partial charge in [-0.3, -0.25) is 14.5 Å². The molecule has 0 radical (unpaired) electrons. The first-order valence-corrected chi connectivity index (χ1v) is 7.50. The summed E-state index contributed by atoms with van der Waals surface area (Å²) in [7, 11) is 0. The summed E-state index contributed by atoms with van der Waals surface area (Å²) in [4.78, 5) is 24.2. The third-order valence-corrected chi connectivity index (χ3v) is 3.64. The van der Waals surface area contributed by atoms with Crippen molar-refractivity contribution in [3.63, 3.8) is 0 Å². The first kappa shape index (κ1) is 16.5. The second kappa shape index (κ2) is 8.51. The van der Waals surface area contributed by atoms with E-state index >= 15 is 0 Å². The third-order valence-electron chi connectivity index (χ3n) is 3.64. The molecule has 2 N–H and O–H groups in total. The lowest BCUT2D eigenvalue weighted by Crippen LogP contribution is -2.35. The molecule has 1 heterocycles. The van der Waals surface area contributed by atoms with Gasteiger partial charge in [0.05, 0.1) is 13.0 Å². The molecular weight excluding hydrogens is 284 g/mol. The molecule has 6 heteroatoms. The van der Waals surface area contributed by atoms with Gasteiger partial charge in [0.2, 0.25) is 0 Å². The summed E-state index contributed by atoms with van der Waals surface area (Å²) >= 11 is 0. The molecule has 0 unspecified atom stereocenters. The molecule has 1 aromatic carbocycles. The summed E-state index contributed by atoms with van der Waals surface area (Å²) in [6, 6.07) is 9.83. The first-order chi connectivity index (χ1) is 10.6. The fourth-order valence-electron chi connectivity index (χ4n) is 2.52. The molecule has 0 aromatic heterocycles. The normalized spacial score (nSPS) is 18.3. The lowest BCUT2D eigenvalue weighted by molar-refractivity contribution is -0.144. The zero-order valence-electron chi connectivity index (χ0n) is 12.5. The van der Waals surface area contributed by atoms with Gasteiger partial charge in [-0.05, 0) is 12.0 Å². The van der Waals surface area contributed by atoms with Crippen LogP contribution in [0, 0.1) is 0 Å². The molecule has 1 fully saturated rings. The van der Waals surface area contributed by atoms with Crippen LogP contribution < -0.4 is 5.32 Å². The number of rotatable bonds is 8. The van der Waals surface area contributed by atoms with E-state index in [-0.39, 0.29) is 18.6 Å². The zero-order valence-corrected chi connectivity index (χ0v) is 12.5. The summed E-state index contributed by atoms with van der Waals surface area (Å²) < 4.78 is 5.20. The maximum absolute atomic E-state index is 11.6. The molecule has 1 aliphatic rings. The van der Waals surface area contributed by atoms with Crippen LogP contribution in [0.1, 0.15) is 18.4 Å². The summed E-state index contributed by atoms with van der Waals surface area (Å²) in [5.41, 5.74) is 0.976. The van der Waals surface area contributed by atoms with Crippen LogP contribution >= 0.6 is 0 Å². The van der Waals surface area contributed by atoms with Gasteiger partial charge in [0.25, 0.3) is 0 Å². The van der Waals surface area contributed by atoms with Crippen molar-refractivity contribution in [2.75, 3.05) is 26.2 Å². The summed E-state index contributed by atoms with van der Waals surface area (Å²) in [5, 5.41) is 12.0. The number of carbonyl (C=O) groups excluding carboxylic acids is 1. The minimum absolute atomic E-state index is 0.0807. The van der Waals surface area contributed by atoms with Gasteiger partial charge in [-0.1, -0.05) is 30.3 Å². The van der Waals surface area contributed by atoms with Crippen molar-refractivity contribution in [1.29, 1.82) is 0 Å². The van der Waals surface area contributed by atoms with Gasteiger partial charge in [0.15, 0.2) is 0 Å². The van der Waals surface area contributed by atoms with Crippen LogP contribution in [-0.4, -0.2) is 54.2 Å². The molecule has 1 atom stereocenters. The van der Waals surface area contributed by atoms with Crippen molar-refractivity contribution in [3.05, 3.63) is 35.9 Å². The van der Waals surface area contributed by atoms with Crippen LogP contribution in [0.2, 0.25) is 0 Å². The minimum atomic E-state index is -0.801. The van der Waals surface area contributed by atoms with Crippen LogP contribution in [0.5, 0.6) is 0 Å². The number of benzene rings is 1. The zero-order chi connectivity index (χ0) is 15.8. The van der Waals surface area contributed by atoms with Gasteiger partial charge in [0, 0.05) is 25.7 Å². The Morgan fingerprint density at radius 1 is 1.32 bits per heavy atom. The first-order valence-electron chi connectivity index (χ1n) is 7.50. The average molecular weight is 306 g/mol. The maximum Gasteiger partial charge on any atom is 0.317 e. The molecule has 6 nitrogen and oxygen atoms in total. The van der Waals surface area contributed by atoms with E-state index in [1.54, 1.807) is 0 Å². The molecule has 1 aliphatic heterocycles. The minimum Gasteiger partial charge on any atom is -0.480 e. The number of ether oxygens (including phenoxy) is 1. The molecule has 0 amide bonds. The van der Waals surface area contributed by atoms with Crippen molar-refractivity contribution in [2.24, 2.45) is 0 Å². The number of carboxylic acids is 1. The Labute approximate surface area is 130 Å². The SMILES string of the molecule is O=C(O)CN1CC[C@H](NCCC(=O)OCc2ccccc2)C1. The Bertz CT molecular complexity index is 492. The number of aliphatic carboxylic acids is 1. The third kappa shape index (κ3) is 5.83. The van der Waals surface area contributed by atoms with Gasteiger partial charge in [-0.15, -0.1) is 0 Å². The van der Waals surface area contributed by atoms with E-state index in [1.807, 2.05) is 35.2 Å². The Morgan fingerprint density at radius 2 is 2.09 bits per heavy atom. The van der Waals surface area contributed by atoms with Gasteiger partial charge < -0.3 is 15.2 Å². The Kier molecular flexibility index (Phi) is 6.36. The lowest BCUT2D eigenvalue weighted by atomic mass is 10.2. The molecular formula is C16H22N2O4. The molecule has 0 aliphatic carbocycles. The number of carboxylic acid groups (broad SMARTS) is 1. The van der Waals surface area contributed by atoms with E-state index in [9.17, 15) is 9.59 Å². The quantitative estimate of drug-likeness (QED) is 0.694. The van der Waals surface area contributed by atoms with E-state index in [0.29, 0.717) is 26.1 Å². The van der Waals surface area contributed by atoms with Crippen LogP contribution in [0.3, 0.4) is 0 Å². The van der Waals surface area contributed by atoms with Crippen LogP contribution in [0.4, 0.5) is 0 Å². The van der Waals surface area contributed by atoms with E-state index in [1.165, 1.54) is 0 Å². The Balaban J connectivity index is 1.57. The van der Waals surface area contributed by atoms with Crippen molar-refractivity contribution < 1.29 is 19.4 Å². The smallest absolute Gasteiger partial charge is 0.317 e. The molecule has 0 bridgehead atoms. The fraction of sp³-hybridized carbons (Fsp3) is 0.500. The number of nitrogens with zero attached hydrogens (tertiary/aromatic N) is 1. The van der Waals surface area contributed by atoms with E-state index < -0.39 is 5.97 Å². The predicted octanol–water partition coefficient (Wildman–Crippen LogP) is 0.868. The van der Waals surface area contributed by atoms with Crippen LogP contribution in [0.25, 0.3) is 0 Å². The second-order valence-corrected chi connectivity index (χ2v) is 5.46. The Morgan fingerprint density at radius 3 is 2.82 bits per heavy atom. The molecule has 2 rings (SSSR count). The van der Waals surface area contributed by atoms with Crippen LogP contribution in [-0.2, 0) is 20.9 Å². The number of carbonyl (C=O) groups is 2. The molecule has 1 aromatic rings. The van der Waals surface area contributed by atoms with Gasteiger partial charge >= 0.3 is 11.9 Å². The Hall–Kier alpha value is -1.92. The average Bonchev–Trinajstić information content (AvgIpc) is 2.93. The molecule has 120 valence electrons. The number of nitrogens with one attached hydrogen (secondary N) is 1. The lowest BCUT2D eigenvalue weighted by Gasteiger charge is -2.14. The van der Waals surface area contributed by atoms with Crippen molar-refractivity contribution in [2.45, 2.75) is 25.5 Å². The van der Waals surface area contributed by atoms with Crippen molar-refractivity contribution >= 4 is 11.9 Å². The monoisotopic (exact) mass is 306 g/mol. The second-order valence-electron chi connectivity index (χ2n) is 5.46. The summed E-state index contributed by atoms with van der Waals surface area (Å²) in [6.45, 7) is 2.43. The van der Waals surface area contributed by atoms with Gasteiger partial charge in [0.1, 0.15) is 6.61 Å². The van der Waals surface area contributed by atoms with E-state index in [0.717, 1.165) is 18.5 Å². The molecule has 0 spiro atoms. The number of esters is 1.